The second-order valence-electron chi connectivity index (χ2n) is 6.88. The maximum atomic E-state index is 13.6. The Hall–Kier alpha value is -2.81. The lowest BCUT2D eigenvalue weighted by Gasteiger charge is -2.21. The monoisotopic (exact) mass is 490 g/mol. The van der Waals surface area contributed by atoms with Crippen LogP contribution in [-0.4, -0.2) is 41.2 Å². The Morgan fingerprint density at radius 2 is 1.94 bits per heavy atom. The van der Waals surface area contributed by atoms with Gasteiger partial charge in [0.2, 0.25) is 0 Å². The van der Waals surface area contributed by atoms with Gasteiger partial charge in [-0.25, -0.2) is 9.97 Å². The zero-order chi connectivity index (χ0) is 22.7. The summed E-state index contributed by atoms with van der Waals surface area (Å²) in [6.45, 7) is 1.12. The summed E-state index contributed by atoms with van der Waals surface area (Å²) in [6, 6.07) is 8.46. The molecule has 2 aromatic heterocycles. The Kier molecular flexibility index (Phi) is 6.83. The first-order valence-electron chi connectivity index (χ1n) is 9.76. The number of halogens is 2. The molecule has 0 N–H and O–H groups in total. The molecule has 4 aromatic rings. The van der Waals surface area contributed by atoms with Gasteiger partial charge in [0.15, 0.2) is 5.13 Å². The molecule has 2 heterocycles. The van der Waals surface area contributed by atoms with E-state index in [1.165, 1.54) is 11.3 Å². The number of ether oxygens (including phenoxy) is 2. The fourth-order valence-electron chi connectivity index (χ4n) is 3.31. The number of aryl methyl sites for hydroxylation is 1. The maximum Gasteiger partial charge on any atom is 0.261 e. The Bertz CT molecular complexity index is 1200. The number of thiazole rings is 1. The van der Waals surface area contributed by atoms with Crippen LogP contribution in [0.4, 0.5) is 5.13 Å². The van der Waals surface area contributed by atoms with Crippen LogP contribution in [0, 0.1) is 0 Å². The fraction of sp³-hybridized carbons (Fsp3) is 0.227. The molecule has 7 nitrogen and oxygen atoms in total. The van der Waals surface area contributed by atoms with Gasteiger partial charge in [0.1, 0.15) is 21.7 Å². The molecule has 10 heteroatoms. The molecule has 0 radical (unpaired) electrons. The zero-order valence-electron chi connectivity index (χ0n) is 17.4. The molecule has 0 bridgehead atoms. The third kappa shape index (κ3) is 4.53. The third-order valence-electron chi connectivity index (χ3n) is 4.89. The minimum atomic E-state index is -0.278. The first-order valence-corrected chi connectivity index (χ1v) is 11.3. The summed E-state index contributed by atoms with van der Waals surface area (Å²) >= 11 is 13.8. The van der Waals surface area contributed by atoms with Gasteiger partial charge >= 0.3 is 0 Å². The van der Waals surface area contributed by atoms with E-state index in [0.717, 1.165) is 4.70 Å². The molecule has 0 aliphatic rings. The number of imidazole rings is 1. The number of carbonyl (C=O) groups excluding carboxylic acids is 1. The number of nitrogens with zero attached hydrogens (tertiary/aromatic N) is 4. The minimum Gasteiger partial charge on any atom is -0.495 e. The molecule has 0 spiro atoms. The second-order valence-corrected chi connectivity index (χ2v) is 8.70. The second kappa shape index (κ2) is 9.77. The number of carbonyl (C=O) groups is 1. The molecule has 0 saturated heterocycles. The normalized spacial score (nSPS) is 11.0. The van der Waals surface area contributed by atoms with Gasteiger partial charge in [0.05, 0.1) is 31.1 Å². The van der Waals surface area contributed by atoms with Crippen molar-refractivity contribution < 1.29 is 14.3 Å². The van der Waals surface area contributed by atoms with E-state index >= 15 is 0 Å². The van der Waals surface area contributed by atoms with E-state index < -0.39 is 0 Å². The molecule has 0 fully saturated rings. The Balaban J connectivity index is 1.74. The number of rotatable bonds is 8. The number of hydrogen-bond acceptors (Lipinski definition) is 6. The van der Waals surface area contributed by atoms with E-state index in [2.05, 4.69) is 4.98 Å². The zero-order valence-corrected chi connectivity index (χ0v) is 19.7. The van der Waals surface area contributed by atoms with Gasteiger partial charge in [-0.2, -0.15) is 0 Å². The van der Waals surface area contributed by atoms with E-state index in [1.807, 2.05) is 16.8 Å². The predicted molar refractivity (Wildman–Crippen MR) is 128 cm³/mol. The minimum absolute atomic E-state index is 0.278. The third-order valence-corrected chi connectivity index (χ3v) is 6.55. The standard InChI is InChI=1S/C22H20Cl2N4O3S/c1-30-17-6-7-18(31-2)20-19(17)26-22(32-20)28(10-3-9-27-11-8-25-13-27)21(29)15-12-14(23)4-5-16(15)24/h4-8,11-13H,3,9-10H2,1-2H3. The van der Waals surface area contributed by atoms with Crippen molar-refractivity contribution in [2.45, 2.75) is 13.0 Å². The average molecular weight is 491 g/mol. The number of amides is 1. The van der Waals surface area contributed by atoms with Gasteiger partial charge in [-0.15, -0.1) is 0 Å². The van der Waals surface area contributed by atoms with E-state index in [4.69, 9.17) is 37.7 Å². The molecule has 1 amide bonds. The first-order chi connectivity index (χ1) is 15.5. The van der Waals surface area contributed by atoms with Crippen molar-refractivity contribution in [3.8, 4) is 11.5 Å². The number of benzene rings is 2. The van der Waals surface area contributed by atoms with Crippen molar-refractivity contribution in [2.24, 2.45) is 0 Å². The molecule has 32 heavy (non-hydrogen) atoms. The van der Waals surface area contributed by atoms with Crippen molar-refractivity contribution in [3.63, 3.8) is 0 Å². The SMILES string of the molecule is COc1ccc(OC)c2sc(N(CCCn3ccnc3)C(=O)c3cc(Cl)ccc3Cl)nc12. The molecule has 0 aliphatic carbocycles. The summed E-state index contributed by atoms with van der Waals surface area (Å²) < 4.78 is 13.7. The number of anilines is 1. The Morgan fingerprint density at radius 1 is 1.16 bits per heavy atom. The van der Waals surface area contributed by atoms with Crippen LogP contribution in [0.2, 0.25) is 10.0 Å². The average Bonchev–Trinajstić information content (AvgIpc) is 3.47. The van der Waals surface area contributed by atoms with Crippen molar-refractivity contribution in [3.05, 3.63) is 64.7 Å². The highest BCUT2D eigenvalue weighted by atomic mass is 35.5. The number of methoxy groups -OCH3 is 2. The lowest BCUT2D eigenvalue weighted by molar-refractivity contribution is 0.0986. The van der Waals surface area contributed by atoms with Crippen molar-refractivity contribution >= 4 is 55.8 Å². The van der Waals surface area contributed by atoms with Crippen molar-refractivity contribution in [1.29, 1.82) is 0 Å². The number of aromatic nitrogens is 3. The molecule has 0 atom stereocenters. The first kappa shape index (κ1) is 22.4. The van der Waals surface area contributed by atoms with Gasteiger partial charge < -0.3 is 14.0 Å². The summed E-state index contributed by atoms with van der Waals surface area (Å²) in [5.41, 5.74) is 0.955. The van der Waals surface area contributed by atoms with Crippen LogP contribution in [0.25, 0.3) is 10.2 Å². The summed E-state index contributed by atoms with van der Waals surface area (Å²) in [5, 5.41) is 1.29. The van der Waals surface area contributed by atoms with Crippen LogP contribution >= 0.6 is 34.5 Å². The molecule has 0 unspecified atom stereocenters. The molecule has 2 aromatic carbocycles. The number of hydrogen-bond donors (Lipinski definition) is 0. The smallest absolute Gasteiger partial charge is 0.261 e. The molecule has 166 valence electrons. The summed E-state index contributed by atoms with van der Waals surface area (Å²) in [4.78, 5) is 24.0. The van der Waals surface area contributed by atoms with Gasteiger partial charge in [0.25, 0.3) is 5.91 Å². The van der Waals surface area contributed by atoms with Crippen molar-refractivity contribution in [2.75, 3.05) is 25.7 Å². The van der Waals surface area contributed by atoms with Crippen LogP contribution in [0.3, 0.4) is 0 Å². The van der Waals surface area contributed by atoms with E-state index in [-0.39, 0.29) is 5.91 Å². The lowest BCUT2D eigenvalue weighted by atomic mass is 10.2. The van der Waals surface area contributed by atoms with Gasteiger partial charge in [-0.3, -0.25) is 9.69 Å². The topological polar surface area (TPSA) is 69.5 Å². The highest BCUT2D eigenvalue weighted by Gasteiger charge is 2.25. The van der Waals surface area contributed by atoms with Gasteiger partial charge in [-0.1, -0.05) is 34.5 Å². The highest BCUT2D eigenvalue weighted by molar-refractivity contribution is 7.22. The Labute approximate surface area is 199 Å². The van der Waals surface area contributed by atoms with E-state index in [0.29, 0.717) is 57.3 Å². The summed E-state index contributed by atoms with van der Waals surface area (Å²) in [6.07, 6.45) is 6.03. The summed E-state index contributed by atoms with van der Waals surface area (Å²) in [5.74, 6) is 0.992. The van der Waals surface area contributed by atoms with E-state index in [1.54, 1.807) is 55.9 Å². The maximum absolute atomic E-state index is 13.6. The highest BCUT2D eigenvalue weighted by Crippen LogP contribution is 2.40. The van der Waals surface area contributed by atoms with Crippen LogP contribution in [0.5, 0.6) is 11.5 Å². The van der Waals surface area contributed by atoms with Crippen LogP contribution in [-0.2, 0) is 6.54 Å². The van der Waals surface area contributed by atoms with Crippen molar-refractivity contribution in [1.82, 2.24) is 14.5 Å². The molecule has 4 rings (SSSR count). The van der Waals surface area contributed by atoms with Crippen LogP contribution < -0.4 is 14.4 Å². The largest absolute Gasteiger partial charge is 0.495 e. The fourth-order valence-corrected chi connectivity index (χ4v) is 4.78. The Morgan fingerprint density at radius 3 is 2.66 bits per heavy atom. The van der Waals surface area contributed by atoms with Crippen LogP contribution in [0.1, 0.15) is 16.8 Å². The number of fused-ring (bicyclic) bond motifs is 1. The molecular formula is C22H20Cl2N4O3S. The van der Waals surface area contributed by atoms with Gasteiger partial charge in [-0.05, 0) is 36.8 Å². The quantitative estimate of drug-likeness (QED) is 0.323. The van der Waals surface area contributed by atoms with E-state index in [9.17, 15) is 4.79 Å². The molecule has 0 saturated carbocycles. The molecule has 0 aliphatic heterocycles. The lowest BCUT2D eigenvalue weighted by Crippen LogP contribution is -2.32. The van der Waals surface area contributed by atoms with Crippen LogP contribution in [0.15, 0.2) is 49.1 Å². The molecular weight excluding hydrogens is 471 g/mol. The summed E-state index contributed by atoms with van der Waals surface area (Å²) in [7, 11) is 3.18. The van der Waals surface area contributed by atoms with Gasteiger partial charge in [0, 0.05) is 30.5 Å². The predicted octanol–water partition coefficient (Wildman–Crippen LogP) is 5.55.